The smallest absolute Gasteiger partial charge is 0.400 e. The number of halogens is 3. The third-order valence-corrected chi connectivity index (χ3v) is 2.60. The minimum absolute atomic E-state index is 0.0684. The van der Waals surface area contributed by atoms with E-state index in [0.29, 0.717) is 0 Å². The van der Waals surface area contributed by atoms with Crippen molar-refractivity contribution in [2.45, 2.75) is 19.2 Å². The zero-order chi connectivity index (χ0) is 14.6. The Morgan fingerprint density at radius 1 is 1.42 bits per heavy atom. The molecule has 0 aliphatic carbocycles. The summed E-state index contributed by atoms with van der Waals surface area (Å²) in [6.07, 6.45) is -3.88. The number of allylic oxidation sites excluding steroid dienone is 1. The third-order valence-electron chi connectivity index (χ3n) is 2.60. The molecule has 19 heavy (non-hydrogen) atoms. The highest BCUT2D eigenvalue weighted by Crippen LogP contribution is 2.29. The highest BCUT2D eigenvalue weighted by atomic mass is 19.4. The van der Waals surface area contributed by atoms with Crippen molar-refractivity contribution in [2.75, 3.05) is 7.11 Å². The van der Waals surface area contributed by atoms with Crippen LogP contribution in [0.25, 0.3) is 0 Å². The van der Waals surface area contributed by atoms with Crippen LogP contribution in [-0.4, -0.2) is 19.0 Å². The number of methoxy groups -OCH3 is 1. The Balaban J connectivity index is 3.02. The summed E-state index contributed by atoms with van der Waals surface area (Å²) in [5, 5.41) is 0. The monoisotopic (exact) mass is 273 g/mol. The Labute approximate surface area is 108 Å². The van der Waals surface area contributed by atoms with E-state index in [4.69, 9.17) is 10.5 Å². The number of alkyl halides is 3. The molecule has 0 aliphatic rings. The highest BCUT2D eigenvalue weighted by Gasteiger charge is 2.30. The fourth-order valence-electron chi connectivity index (χ4n) is 1.34. The molecule has 0 aromatic heterocycles. The molecule has 104 valence electrons. The topological polar surface area (TPSA) is 52.3 Å². The van der Waals surface area contributed by atoms with Crippen molar-refractivity contribution in [3.05, 3.63) is 47.2 Å². The van der Waals surface area contributed by atoms with Gasteiger partial charge in [-0.15, -0.1) is 0 Å². The maximum Gasteiger partial charge on any atom is 0.416 e. The minimum Gasteiger partial charge on any atom is -0.400 e. The molecule has 0 heterocycles. The lowest BCUT2D eigenvalue weighted by atomic mass is 10.1. The van der Waals surface area contributed by atoms with Crippen LogP contribution < -0.4 is 5.73 Å². The van der Waals surface area contributed by atoms with Gasteiger partial charge in [0.05, 0.1) is 11.7 Å². The molecule has 1 atom stereocenters. The Morgan fingerprint density at radius 3 is 2.58 bits per heavy atom. The predicted molar refractivity (Wildman–Crippen MR) is 64.5 cm³/mol. The van der Waals surface area contributed by atoms with Crippen molar-refractivity contribution >= 4 is 5.78 Å². The van der Waals surface area contributed by atoms with Crippen LogP contribution >= 0.6 is 0 Å². The summed E-state index contributed by atoms with van der Waals surface area (Å²) in [5.41, 5.74) is 4.80. The van der Waals surface area contributed by atoms with E-state index in [2.05, 4.69) is 0 Å². The second kappa shape index (κ2) is 5.88. The van der Waals surface area contributed by atoms with Gasteiger partial charge in [0, 0.05) is 24.4 Å². The highest BCUT2D eigenvalue weighted by molar-refractivity contribution is 6.05. The van der Waals surface area contributed by atoms with Crippen molar-refractivity contribution in [3.63, 3.8) is 0 Å². The van der Waals surface area contributed by atoms with Gasteiger partial charge in [0.25, 0.3) is 0 Å². The Kier molecular flexibility index (Phi) is 4.72. The lowest BCUT2D eigenvalue weighted by Gasteiger charge is -2.10. The lowest BCUT2D eigenvalue weighted by molar-refractivity contribution is -0.137. The normalized spacial score (nSPS) is 14.3. The first-order chi connectivity index (χ1) is 8.75. The molecule has 0 bridgehead atoms. The average Bonchev–Trinajstić information content (AvgIpc) is 2.36. The summed E-state index contributed by atoms with van der Waals surface area (Å²) < 4.78 is 42.4. The molecule has 2 N–H and O–H groups in total. The number of ketones is 1. The number of nitrogens with two attached hydrogens (primary N) is 1. The van der Waals surface area contributed by atoms with Crippen LogP contribution in [0.15, 0.2) is 36.0 Å². The van der Waals surface area contributed by atoms with Gasteiger partial charge in [0.15, 0.2) is 5.78 Å². The van der Waals surface area contributed by atoms with E-state index in [-0.39, 0.29) is 11.3 Å². The van der Waals surface area contributed by atoms with Gasteiger partial charge in [-0.05, 0) is 19.1 Å². The molecular weight excluding hydrogens is 259 g/mol. The van der Waals surface area contributed by atoms with Crippen LogP contribution in [0.4, 0.5) is 13.2 Å². The quantitative estimate of drug-likeness (QED) is 0.678. The number of carbonyl (C=O) groups is 1. The first kappa shape index (κ1) is 15.2. The lowest BCUT2D eigenvalue weighted by Crippen LogP contribution is -2.17. The molecule has 0 aliphatic heterocycles. The minimum atomic E-state index is -4.48. The molecule has 1 unspecified atom stereocenters. The SMILES string of the molecule is COC(C)/C(N)=C/C(=O)c1cccc(C(F)(F)F)c1. The van der Waals surface area contributed by atoms with Crippen LogP contribution in [0.5, 0.6) is 0 Å². The summed E-state index contributed by atoms with van der Waals surface area (Å²) >= 11 is 0. The van der Waals surface area contributed by atoms with E-state index in [1.165, 1.54) is 19.2 Å². The van der Waals surface area contributed by atoms with Crippen molar-refractivity contribution in [1.29, 1.82) is 0 Å². The number of rotatable bonds is 4. The van der Waals surface area contributed by atoms with E-state index in [0.717, 1.165) is 18.2 Å². The number of hydrogen-bond acceptors (Lipinski definition) is 3. The number of ether oxygens (including phenoxy) is 1. The fourth-order valence-corrected chi connectivity index (χ4v) is 1.34. The molecule has 0 radical (unpaired) electrons. The van der Waals surface area contributed by atoms with Crippen LogP contribution in [-0.2, 0) is 10.9 Å². The third kappa shape index (κ3) is 4.10. The van der Waals surface area contributed by atoms with Crippen LogP contribution in [0.3, 0.4) is 0 Å². The number of carbonyl (C=O) groups excluding carboxylic acids is 1. The molecule has 0 amide bonds. The molecule has 1 aromatic rings. The molecule has 1 aromatic carbocycles. The molecule has 0 saturated heterocycles. The van der Waals surface area contributed by atoms with E-state index < -0.39 is 23.6 Å². The van der Waals surface area contributed by atoms with Gasteiger partial charge in [-0.3, -0.25) is 4.79 Å². The Morgan fingerprint density at radius 2 is 2.05 bits per heavy atom. The number of hydrogen-bond donors (Lipinski definition) is 1. The fraction of sp³-hybridized carbons (Fsp3) is 0.308. The maximum absolute atomic E-state index is 12.5. The first-order valence-corrected chi connectivity index (χ1v) is 5.47. The maximum atomic E-state index is 12.5. The van der Waals surface area contributed by atoms with Crippen molar-refractivity contribution in [3.8, 4) is 0 Å². The van der Waals surface area contributed by atoms with E-state index in [9.17, 15) is 18.0 Å². The molecule has 0 saturated carbocycles. The molecule has 6 heteroatoms. The van der Waals surface area contributed by atoms with Crippen LogP contribution in [0.2, 0.25) is 0 Å². The summed E-state index contributed by atoms with van der Waals surface area (Å²) in [6, 6.07) is 4.18. The van der Waals surface area contributed by atoms with Crippen molar-refractivity contribution < 1.29 is 22.7 Å². The predicted octanol–water partition coefficient (Wildman–Crippen LogP) is 2.77. The van der Waals surface area contributed by atoms with Gasteiger partial charge in [-0.2, -0.15) is 13.2 Å². The number of benzene rings is 1. The largest absolute Gasteiger partial charge is 0.416 e. The van der Waals surface area contributed by atoms with Crippen molar-refractivity contribution in [2.24, 2.45) is 5.73 Å². The van der Waals surface area contributed by atoms with Gasteiger partial charge in [-0.1, -0.05) is 12.1 Å². The second-order valence-corrected chi connectivity index (χ2v) is 3.97. The van der Waals surface area contributed by atoms with Gasteiger partial charge >= 0.3 is 6.18 Å². The van der Waals surface area contributed by atoms with E-state index in [1.807, 2.05) is 0 Å². The van der Waals surface area contributed by atoms with E-state index in [1.54, 1.807) is 6.92 Å². The summed E-state index contributed by atoms with van der Waals surface area (Å²) in [5.74, 6) is -0.590. The van der Waals surface area contributed by atoms with Gasteiger partial charge in [0.1, 0.15) is 0 Å². The molecule has 1 rings (SSSR count). The summed E-state index contributed by atoms with van der Waals surface area (Å²) in [7, 11) is 1.42. The van der Waals surface area contributed by atoms with Crippen LogP contribution in [0.1, 0.15) is 22.8 Å². The molecule has 0 spiro atoms. The molecule has 0 fully saturated rings. The molecular formula is C13H14F3NO2. The zero-order valence-electron chi connectivity index (χ0n) is 10.5. The Hall–Kier alpha value is -1.82. The average molecular weight is 273 g/mol. The Bertz CT molecular complexity index is 495. The van der Waals surface area contributed by atoms with Gasteiger partial charge in [-0.25, -0.2) is 0 Å². The first-order valence-electron chi connectivity index (χ1n) is 5.47. The van der Waals surface area contributed by atoms with Crippen molar-refractivity contribution in [1.82, 2.24) is 0 Å². The summed E-state index contributed by atoms with van der Waals surface area (Å²) in [4.78, 5) is 11.8. The second-order valence-electron chi connectivity index (χ2n) is 3.97. The van der Waals surface area contributed by atoms with Gasteiger partial charge < -0.3 is 10.5 Å². The van der Waals surface area contributed by atoms with E-state index >= 15 is 0 Å². The van der Waals surface area contributed by atoms with Gasteiger partial charge in [0.2, 0.25) is 0 Å². The summed E-state index contributed by atoms with van der Waals surface area (Å²) in [6.45, 7) is 1.63. The standard InChI is InChI=1S/C13H14F3NO2/c1-8(19-2)11(17)7-12(18)9-4-3-5-10(6-9)13(14,15)16/h3-8H,17H2,1-2H3/b11-7-. The molecule has 3 nitrogen and oxygen atoms in total. The zero-order valence-corrected chi connectivity index (χ0v) is 10.5. The van der Waals surface area contributed by atoms with Crippen LogP contribution in [0, 0.1) is 0 Å².